The molecule has 6 nitrogen and oxygen atoms in total. The van der Waals surface area contributed by atoms with Gasteiger partial charge in [0.25, 0.3) is 0 Å². The summed E-state index contributed by atoms with van der Waals surface area (Å²) in [5.41, 5.74) is 0. The highest BCUT2D eigenvalue weighted by atomic mass is 32.2. The summed E-state index contributed by atoms with van der Waals surface area (Å²) in [5, 5.41) is 5.21. The van der Waals surface area contributed by atoms with Crippen molar-refractivity contribution >= 4 is 10.0 Å². The molecule has 1 aliphatic rings. The van der Waals surface area contributed by atoms with E-state index in [1.807, 2.05) is 0 Å². The van der Waals surface area contributed by atoms with Crippen molar-refractivity contribution in [1.82, 2.24) is 4.98 Å². The van der Waals surface area contributed by atoms with Crippen LogP contribution in [0.4, 0.5) is 0 Å². The minimum Gasteiger partial charge on any atom is -0.488 e. The summed E-state index contributed by atoms with van der Waals surface area (Å²) in [6.07, 6.45) is 4.40. The highest BCUT2D eigenvalue weighted by molar-refractivity contribution is 7.89. The normalized spacial score (nSPS) is 15.8. The van der Waals surface area contributed by atoms with Gasteiger partial charge in [0.15, 0.2) is 16.4 Å². The lowest BCUT2D eigenvalue weighted by Gasteiger charge is -2.15. The second kappa shape index (κ2) is 4.74. The van der Waals surface area contributed by atoms with Gasteiger partial charge in [0.1, 0.15) is 0 Å². The van der Waals surface area contributed by atoms with Gasteiger partial charge in [-0.1, -0.05) is 0 Å². The van der Waals surface area contributed by atoms with Crippen LogP contribution < -0.4 is 14.6 Å². The Hall–Kier alpha value is -1.34. The third kappa shape index (κ3) is 3.11. The Kier molecular flexibility index (Phi) is 3.45. The number of hydrogen-bond acceptors (Lipinski definition) is 5. The smallest absolute Gasteiger partial charge is 0.245 e. The largest absolute Gasteiger partial charge is 0.488 e. The summed E-state index contributed by atoms with van der Waals surface area (Å²) >= 11 is 0. The van der Waals surface area contributed by atoms with Gasteiger partial charge < -0.3 is 9.47 Å². The van der Waals surface area contributed by atoms with Gasteiger partial charge in [0.05, 0.1) is 24.6 Å². The zero-order chi connectivity index (χ0) is 13.3. The van der Waals surface area contributed by atoms with Crippen LogP contribution in [0.15, 0.2) is 17.3 Å². The standard InChI is InChI=1S/C11H16N2O4S/c1-7(2)16-9-5-13-6-10(17-8-3-4-8)11(9)18(12,14)15/h5-8H,3-4H2,1-2H3,(H2,12,14,15). The maximum atomic E-state index is 11.6. The lowest BCUT2D eigenvalue weighted by atomic mass is 10.4. The van der Waals surface area contributed by atoms with E-state index in [1.54, 1.807) is 13.8 Å². The number of hydrogen-bond donors (Lipinski definition) is 1. The quantitative estimate of drug-likeness (QED) is 0.865. The van der Waals surface area contributed by atoms with Crippen molar-refractivity contribution in [3.63, 3.8) is 0 Å². The summed E-state index contributed by atoms with van der Waals surface area (Å²) in [4.78, 5) is 3.80. The van der Waals surface area contributed by atoms with Crippen molar-refractivity contribution < 1.29 is 17.9 Å². The van der Waals surface area contributed by atoms with Gasteiger partial charge in [-0.15, -0.1) is 0 Å². The van der Waals surface area contributed by atoms with E-state index in [0.29, 0.717) is 0 Å². The number of rotatable bonds is 5. The highest BCUT2D eigenvalue weighted by Crippen LogP contribution is 2.35. The Bertz CT molecular complexity index is 516. The average molecular weight is 272 g/mol. The van der Waals surface area contributed by atoms with Gasteiger partial charge in [0.2, 0.25) is 10.0 Å². The zero-order valence-corrected chi connectivity index (χ0v) is 11.1. The van der Waals surface area contributed by atoms with Crippen LogP contribution in [0.3, 0.4) is 0 Å². The molecule has 0 amide bonds. The molecular formula is C11H16N2O4S. The molecule has 2 rings (SSSR count). The number of sulfonamides is 1. The molecule has 1 aromatic rings. The average Bonchev–Trinajstić information content (AvgIpc) is 2.98. The molecule has 0 aliphatic heterocycles. The number of pyridine rings is 1. The molecule has 1 saturated carbocycles. The molecule has 1 aliphatic carbocycles. The molecule has 0 bridgehead atoms. The molecule has 0 saturated heterocycles. The van der Waals surface area contributed by atoms with Gasteiger partial charge in [-0.25, -0.2) is 13.6 Å². The minimum absolute atomic E-state index is 0.0570. The van der Waals surface area contributed by atoms with Crippen molar-refractivity contribution in [2.24, 2.45) is 5.14 Å². The molecule has 2 N–H and O–H groups in total. The van der Waals surface area contributed by atoms with Gasteiger partial charge in [-0.3, -0.25) is 4.98 Å². The molecule has 0 aromatic carbocycles. The van der Waals surface area contributed by atoms with Crippen molar-refractivity contribution in [3.05, 3.63) is 12.4 Å². The first-order valence-electron chi connectivity index (χ1n) is 5.72. The predicted octanol–water partition coefficient (Wildman–Crippen LogP) is 1.06. The topological polar surface area (TPSA) is 91.5 Å². The number of primary sulfonamides is 1. The second-order valence-corrected chi connectivity index (χ2v) is 5.99. The Labute approximate surface area is 106 Å². The fourth-order valence-electron chi connectivity index (χ4n) is 1.48. The molecule has 1 aromatic heterocycles. The maximum absolute atomic E-state index is 11.6. The molecule has 0 unspecified atom stereocenters. The lowest BCUT2D eigenvalue weighted by molar-refractivity contribution is 0.228. The Morgan fingerprint density at radius 3 is 2.44 bits per heavy atom. The summed E-state index contributed by atoms with van der Waals surface area (Å²) < 4.78 is 34.2. The Morgan fingerprint density at radius 2 is 1.94 bits per heavy atom. The fraction of sp³-hybridized carbons (Fsp3) is 0.545. The number of nitrogens with zero attached hydrogens (tertiary/aromatic N) is 1. The molecule has 0 atom stereocenters. The highest BCUT2D eigenvalue weighted by Gasteiger charge is 2.29. The number of nitrogens with two attached hydrogens (primary N) is 1. The SMILES string of the molecule is CC(C)Oc1cncc(OC2CC2)c1S(N)(=O)=O. The van der Waals surface area contributed by atoms with Crippen LogP contribution in [-0.4, -0.2) is 25.6 Å². The van der Waals surface area contributed by atoms with Crippen molar-refractivity contribution in [2.45, 2.75) is 43.8 Å². The Balaban J connectivity index is 2.45. The van der Waals surface area contributed by atoms with E-state index in [9.17, 15) is 8.42 Å². The van der Waals surface area contributed by atoms with E-state index in [4.69, 9.17) is 14.6 Å². The van der Waals surface area contributed by atoms with Crippen LogP contribution in [-0.2, 0) is 10.0 Å². The summed E-state index contributed by atoms with van der Waals surface area (Å²) in [7, 11) is -3.92. The first-order chi connectivity index (χ1) is 8.38. The van der Waals surface area contributed by atoms with Crippen molar-refractivity contribution in [1.29, 1.82) is 0 Å². The molecule has 100 valence electrons. The van der Waals surface area contributed by atoms with Crippen LogP contribution >= 0.6 is 0 Å². The van der Waals surface area contributed by atoms with Crippen LogP contribution in [0.1, 0.15) is 26.7 Å². The van der Waals surface area contributed by atoms with E-state index in [-0.39, 0.29) is 28.6 Å². The minimum atomic E-state index is -3.92. The fourth-order valence-corrected chi connectivity index (χ4v) is 2.24. The molecule has 0 radical (unpaired) electrons. The predicted molar refractivity (Wildman–Crippen MR) is 65.0 cm³/mol. The summed E-state index contributed by atoms with van der Waals surface area (Å²) in [5.74, 6) is 0.295. The van der Waals surface area contributed by atoms with Crippen molar-refractivity contribution in [3.8, 4) is 11.5 Å². The third-order valence-corrected chi connectivity index (χ3v) is 3.27. The lowest BCUT2D eigenvalue weighted by Crippen LogP contribution is -2.18. The van der Waals surface area contributed by atoms with Gasteiger partial charge in [-0.05, 0) is 26.7 Å². The second-order valence-electron chi connectivity index (χ2n) is 4.49. The monoisotopic (exact) mass is 272 g/mol. The van der Waals surface area contributed by atoms with E-state index in [1.165, 1.54) is 12.4 Å². The molecule has 1 heterocycles. The molecule has 18 heavy (non-hydrogen) atoms. The van der Waals surface area contributed by atoms with Crippen molar-refractivity contribution in [2.75, 3.05) is 0 Å². The van der Waals surface area contributed by atoms with E-state index >= 15 is 0 Å². The van der Waals surface area contributed by atoms with E-state index < -0.39 is 10.0 Å². The van der Waals surface area contributed by atoms with Gasteiger partial charge in [-0.2, -0.15) is 0 Å². The van der Waals surface area contributed by atoms with E-state index in [0.717, 1.165) is 12.8 Å². The first-order valence-corrected chi connectivity index (χ1v) is 7.26. The van der Waals surface area contributed by atoms with Crippen LogP contribution in [0, 0.1) is 0 Å². The molecule has 0 spiro atoms. The molecule has 1 fully saturated rings. The van der Waals surface area contributed by atoms with Crippen LogP contribution in [0.25, 0.3) is 0 Å². The maximum Gasteiger partial charge on any atom is 0.245 e. The van der Waals surface area contributed by atoms with Gasteiger partial charge in [0, 0.05) is 0 Å². The summed E-state index contributed by atoms with van der Waals surface area (Å²) in [6, 6.07) is 0. The molecule has 7 heteroatoms. The van der Waals surface area contributed by atoms with Gasteiger partial charge >= 0.3 is 0 Å². The van der Waals surface area contributed by atoms with Crippen LogP contribution in [0.2, 0.25) is 0 Å². The van der Waals surface area contributed by atoms with Crippen LogP contribution in [0.5, 0.6) is 11.5 Å². The number of ether oxygens (including phenoxy) is 2. The molecular weight excluding hydrogens is 256 g/mol. The Morgan fingerprint density at radius 1 is 1.33 bits per heavy atom. The zero-order valence-electron chi connectivity index (χ0n) is 10.3. The third-order valence-electron chi connectivity index (χ3n) is 2.30. The first kappa shape index (κ1) is 13.1. The summed E-state index contributed by atoms with van der Waals surface area (Å²) in [6.45, 7) is 3.59. The van der Waals surface area contributed by atoms with E-state index in [2.05, 4.69) is 4.98 Å². The number of aromatic nitrogens is 1.